The second-order valence-electron chi connectivity index (χ2n) is 19.5. The molecular weight excluding hydrogens is 623 g/mol. The number of nitrogens with zero attached hydrogens (tertiary/aromatic N) is 3. The van der Waals surface area contributed by atoms with E-state index in [2.05, 4.69) is 66.9 Å². The number of hydrogen-bond donors (Lipinski definition) is 0. The van der Waals surface area contributed by atoms with Crippen molar-refractivity contribution in [3.8, 4) is 6.07 Å². The average Bonchev–Trinajstić information content (AvgIpc) is 3.13. The summed E-state index contributed by atoms with van der Waals surface area (Å²) in [6, 6.07) is 7.25. The molecule has 0 radical (unpaired) electrons. The van der Waals surface area contributed by atoms with Crippen molar-refractivity contribution in [2.45, 2.75) is 148 Å². The Kier molecular flexibility index (Phi) is 8.18. The van der Waals surface area contributed by atoms with Crippen LogP contribution in [0.15, 0.2) is 53.1 Å². The van der Waals surface area contributed by atoms with Gasteiger partial charge in [-0.15, -0.1) is 0 Å². The normalized spacial score (nSPS) is 38.0. The zero-order valence-electron chi connectivity index (χ0n) is 31.7. The van der Waals surface area contributed by atoms with Gasteiger partial charge in [-0.1, -0.05) is 46.1 Å². The molecule has 7 saturated carbocycles. The second-order valence-corrected chi connectivity index (χ2v) is 19.5. The summed E-state index contributed by atoms with van der Waals surface area (Å²) in [7, 11) is 0. The number of benzene rings is 1. The first kappa shape index (κ1) is 33.6. The SMILES string of the molecule is [C-]#[N+]C(C#N)=C1C=C(C=Cc2cc3c4c(c2)C(C)(C)CCN4CCC3C23CC4CC(CC(C4)C2)C3)OC(C23CCC(CCCCC)(CC2)CC3)=C1. The van der Waals surface area contributed by atoms with E-state index >= 15 is 0 Å². The summed E-state index contributed by atoms with van der Waals surface area (Å²) >= 11 is 0. The summed E-state index contributed by atoms with van der Waals surface area (Å²) in [5, 5.41) is 9.95. The number of allylic oxidation sites excluding steroid dienone is 6. The van der Waals surface area contributed by atoms with Crippen LogP contribution >= 0.6 is 0 Å². The largest absolute Gasteiger partial charge is 0.461 e. The number of ether oxygens (including phenoxy) is 1. The Morgan fingerprint density at radius 3 is 2.29 bits per heavy atom. The van der Waals surface area contributed by atoms with Crippen LogP contribution in [-0.4, -0.2) is 13.1 Å². The third-order valence-corrected chi connectivity index (χ3v) is 16.1. The lowest BCUT2D eigenvalue weighted by molar-refractivity contribution is -0.0704. The monoisotopic (exact) mass is 681 g/mol. The smallest absolute Gasteiger partial charge is 0.269 e. The van der Waals surface area contributed by atoms with Gasteiger partial charge in [-0.2, -0.15) is 0 Å². The molecule has 11 rings (SSSR count). The van der Waals surface area contributed by atoms with Gasteiger partial charge < -0.3 is 9.64 Å². The van der Waals surface area contributed by atoms with Crippen molar-refractivity contribution >= 4 is 11.8 Å². The van der Waals surface area contributed by atoms with E-state index in [0.29, 0.717) is 22.3 Å². The molecule has 3 aliphatic heterocycles. The molecule has 1 atom stereocenters. The van der Waals surface area contributed by atoms with Gasteiger partial charge in [0.2, 0.25) is 0 Å². The molecule has 0 saturated heterocycles. The quantitative estimate of drug-likeness (QED) is 0.156. The Balaban J connectivity index is 1.04. The molecule has 268 valence electrons. The summed E-state index contributed by atoms with van der Waals surface area (Å²) in [5.41, 5.74) is 8.07. The van der Waals surface area contributed by atoms with Crippen LogP contribution in [-0.2, 0) is 10.2 Å². The van der Waals surface area contributed by atoms with Crippen LogP contribution in [0, 0.1) is 51.9 Å². The van der Waals surface area contributed by atoms with E-state index in [4.69, 9.17) is 11.3 Å². The highest BCUT2D eigenvalue weighted by Gasteiger charge is 2.56. The van der Waals surface area contributed by atoms with E-state index in [1.807, 2.05) is 6.08 Å². The first-order valence-corrected chi connectivity index (χ1v) is 20.9. The van der Waals surface area contributed by atoms with Crippen molar-refractivity contribution in [3.05, 3.63) is 81.3 Å². The summed E-state index contributed by atoms with van der Waals surface area (Å²) in [6.45, 7) is 17.4. The fourth-order valence-electron chi connectivity index (χ4n) is 13.6. The highest BCUT2D eigenvalue weighted by Crippen LogP contribution is 2.67. The molecule has 51 heavy (non-hydrogen) atoms. The zero-order valence-corrected chi connectivity index (χ0v) is 31.7. The fourth-order valence-corrected chi connectivity index (χ4v) is 13.6. The van der Waals surface area contributed by atoms with Crippen LogP contribution in [0.25, 0.3) is 10.9 Å². The standard InChI is InChI=1S/C47H59N3O/c1-5-6-7-11-45-12-15-46(16-13-45,17-14-45)42-27-36(41(31-48)49-4)26-37(51-42)9-8-32-24-38-39(47-28-33-21-34(29-47)23-35(22-33)30-47)10-19-50-20-18-44(2,3)40(25-32)43(38)50/h8-9,24-27,33-35,39H,5-7,10-23,28-30H2,1-3H3. The molecule has 0 aromatic heterocycles. The molecule has 10 aliphatic rings. The molecule has 3 heterocycles. The summed E-state index contributed by atoms with van der Waals surface area (Å²) in [5.74, 6) is 5.31. The molecule has 0 spiro atoms. The van der Waals surface area contributed by atoms with Gasteiger partial charge in [-0.05, 0) is 189 Å². The van der Waals surface area contributed by atoms with Crippen molar-refractivity contribution in [3.63, 3.8) is 0 Å². The molecule has 4 heteroatoms. The van der Waals surface area contributed by atoms with Gasteiger partial charge in [-0.3, -0.25) is 0 Å². The van der Waals surface area contributed by atoms with Crippen LogP contribution in [0.1, 0.15) is 159 Å². The van der Waals surface area contributed by atoms with E-state index in [1.54, 1.807) is 11.3 Å². The van der Waals surface area contributed by atoms with Crippen LogP contribution in [0.2, 0.25) is 0 Å². The minimum atomic E-state index is 0.0161. The third kappa shape index (κ3) is 5.65. The third-order valence-electron chi connectivity index (χ3n) is 16.1. The van der Waals surface area contributed by atoms with Gasteiger partial charge in [0, 0.05) is 24.2 Å². The highest BCUT2D eigenvalue weighted by atomic mass is 16.5. The van der Waals surface area contributed by atoms with Gasteiger partial charge >= 0.3 is 0 Å². The van der Waals surface area contributed by atoms with Crippen LogP contribution in [0.4, 0.5) is 5.69 Å². The zero-order chi connectivity index (χ0) is 35.0. The van der Waals surface area contributed by atoms with Crippen molar-refractivity contribution < 1.29 is 4.74 Å². The van der Waals surface area contributed by atoms with Gasteiger partial charge in [0.1, 0.15) is 11.5 Å². The van der Waals surface area contributed by atoms with E-state index in [-0.39, 0.29) is 16.5 Å². The maximum absolute atomic E-state index is 9.95. The van der Waals surface area contributed by atoms with Crippen molar-refractivity contribution in [1.82, 2.24) is 0 Å². The van der Waals surface area contributed by atoms with Crippen LogP contribution < -0.4 is 4.90 Å². The van der Waals surface area contributed by atoms with E-state index in [0.717, 1.165) is 48.5 Å². The van der Waals surface area contributed by atoms with Crippen molar-refractivity contribution in [1.29, 1.82) is 5.26 Å². The highest BCUT2D eigenvalue weighted by molar-refractivity contribution is 5.72. The van der Waals surface area contributed by atoms with Gasteiger partial charge in [0.15, 0.2) is 0 Å². The first-order chi connectivity index (χ1) is 24.7. The maximum atomic E-state index is 9.95. The number of fused-ring (bicyclic) bond motifs is 3. The summed E-state index contributed by atoms with van der Waals surface area (Å²) in [6.07, 6.45) is 32.4. The first-order valence-electron chi connectivity index (χ1n) is 20.9. The average molecular weight is 682 g/mol. The molecule has 7 fully saturated rings. The Bertz CT molecular complexity index is 1730. The van der Waals surface area contributed by atoms with E-state index < -0.39 is 0 Å². The van der Waals surface area contributed by atoms with Gasteiger partial charge in [-0.25, -0.2) is 10.1 Å². The van der Waals surface area contributed by atoms with E-state index in [9.17, 15) is 5.26 Å². The minimum absolute atomic E-state index is 0.0161. The summed E-state index contributed by atoms with van der Waals surface area (Å²) in [4.78, 5) is 6.39. The Morgan fingerprint density at radius 1 is 0.941 bits per heavy atom. The fraction of sp³-hybridized carbons (Fsp3) is 0.660. The molecule has 1 aromatic carbocycles. The van der Waals surface area contributed by atoms with Gasteiger partial charge in [0.25, 0.3) is 5.70 Å². The Hall–Kier alpha value is -3.24. The second kappa shape index (κ2) is 12.4. The Morgan fingerprint density at radius 2 is 1.65 bits per heavy atom. The lowest BCUT2D eigenvalue weighted by Gasteiger charge is -2.61. The Labute approximate surface area is 307 Å². The molecule has 1 aromatic rings. The molecule has 1 unspecified atom stereocenters. The van der Waals surface area contributed by atoms with Crippen molar-refractivity contribution in [2.75, 3.05) is 18.0 Å². The number of anilines is 1. The molecule has 4 nitrogen and oxygen atoms in total. The lowest BCUT2D eigenvalue weighted by atomic mass is 9.45. The molecular formula is C47H59N3O. The number of nitriles is 1. The molecule has 6 bridgehead atoms. The van der Waals surface area contributed by atoms with Gasteiger partial charge in [0.05, 0.1) is 12.6 Å². The number of hydrogen-bond acceptors (Lipinski definition) is 3. The number of unbranched alkanes of at least 4 members (excludes halogenated alkanes) is 2. The van der Waals surface area contributed by atoms with Crippen LogP contribution in [0.3, 0.4) is 0 Å². The maximum Gasteiger partial charge on any atom is 0.269 e. The summed E-state index contributed by atoms with van der Waals surface area (Å²) < 4.78 is 6.87. The van der Waals surface area contributed by atoms with Crippen LogP contribution in [0.5, 0.6) is 0 Å². The molecule has 0 N–H and O–H groups in total. The topological polar surface area (TPSA) is 40.6 Å². The molecule has 7 aliphatic carbocycles. The van der Waals surface area contributed by atoms with E-state index in [1.165, 1.54) is 121 Å². The lowest BCUT2D eigenvalue weighted by Crippen LogP contribution is -2.51. The predicted octanol–water partition coefficient (Wildman–Crippen LogP) is 12.3. The number of rotatable bonds is 8. The minimum Gasteiger partial charge on any atom is -0.461 e. The van der Waals surface area contributed by atoms with Crippen molar-refractivity contribution in [2.24, 2.45) is 34.0 Å². The molecule has 0 amide bonds. The predicted molar refractivity (Wildman–Crippen MR) is 206 cm³/mol.